The largest absolute Gasteiger partial charge is 0.392 e. The van der Waals surface area contributed by atoms with E-state index < -0.39 is 0 Å². The van der Waals surface area contributed by atoms with Crippen LogP contribution in [0.4, 0.5) is 0 Å². The monoisotopic (exact) mass is 225 g/mol. The Morgan fingerprint density at radius 2 is 1.56 bits per heavy atom. The molecule has 94 valence electrons. The lowest BCUT2D eigenvalue weighted by atomic mass is 9.64. The van der Waals surface area contributed by atoms with Crippen LogP contribution < -0.4 is 5.32 Å². The van der Waals surface area contributed by atoms with Crippen molar-refractivity contribution in [3.05, 3.63) is 0 Å². The fourth-order valence-corrected chi connectivity index (χ4v) is 3.55. The summed E-state index contributed by atoms with van der Waals surface area (Å²) < 4.78 is 0. The van der Waals surface area contributed by atoms with Gasteiger partial charge in [-0.05, 0) is 37.5 Å². The van der Waals surface area contributed by atoms with Crippen LogP contribution >= 0.6 is 0 Å². The van der Waals surface area contributed by atoms with Gasteiger partial charge >= 0.3 is 0 Å². The maximum Gasteiger partial charge on any atom is 0.0621 e. The number of rotatable bonds is 2. The summed E-state index contributed by atoms with van der Waals surface area (Å²) >= 11 is 0. The molecule has 0 heterocycles. The fraction of sp³-hybridized carbons (Fsp3) is 1.00. The summed E-state index contributed by atoms with van der Waals surface area (Å²) in [5, 5.41) is 13.5. The molecule has 0 bridgehead atoms. The van der Waals surface area contributed by atoms with Crippen molar-refractivity contribution in [2.45, 2.75) is 71.6 Å². The molecule has 0 saturated heterocycles. The van der Waals surface area contributed by atoms with Gasteiger partial charge in [0.2, 0.25) is 0 Å². The van der Waals surface area contributed by atoms with E-state index in [-0.39, 0.29) is 11.5 Å². The first-order valence-corrected chi connectivity index (χ1v) is 6.83. The van der Waals surface area contributed by atoms with Gasteiger partial charge in [-0.15, -0.1) is 0 Å². The summed E-state index contributed by atoms with van der Waals surface area (Å²) in [5.74, 6) is 1.71. The maximum absolute atomic E-state index is 9.74. The van der Waals surface area contributed by atoms with E-state index in [1.807, 2.05) is 0 Å². The molecule has 2 aliphatic rings. The van der Waals surface area contributed by atoms with Gasteiger partial charge in [0.1, 0.15) is 0 Å². The zero-order valence-corrected chi connectivity index (χ0v) is 11.2. The van der Waals surface area contributed by atoms with E-state index >= 15 is 0 Å². The predicted octanol–water partition coefficient (Wildman–Crippen LogP) is 2.56. The molecular formula is C14H27NO. The van der Waals surface area contributed by atoms with E-state index in [1.54, 1.807) is 0 Å². The second-order valence-electron chi connectivity index (χ2n) is 6.91. The molecule has 0 amide bonds. The molecule has 2 fully saturated rings. The van der Waals surface area contributed by atoms with Gasteiger partial charge in [-0.25, -0.2) is 0 Å². The predicted molar refractivity (Wildman–Crippen MR) is 67.3 cm³/mol. The van der Waals surface area contributed by atoms with E-state index in [2.05, 4.69) is 33.0 Å². The number of nitrogens with one attached hydrogen (secondary N) is 1. The number of aliphatic hydroxyl groups excluding tert-OH is 1. The quantitative estimate of drug-likeness (QED) is 0.757. The van der Waals surface area contributed by atoms with Crippen LogP contribution in [0.5, 0.6) is 0 Å². The molecule has 2 nitrogen and oxygen atoms in total. The Hall–Kier alpha value is -0.0800. The van der Waals surface area contributed by atoms with Gasteiger partial charge in [-0.3, -0.25) is 0 Å². The van der Waals surface area contributed by atoms with E-state index in [0.29, 0.717) is 12.1 Å². The van der Waals surface area contributed by atoms with Gasteiger partial charge in [0.25, 0.3) is 0 Å². The fourth-order valence-electron chi connectivity index (χ4n) is 3.55. The average molecular weight is 225 g/mol. The third-order valence-electron chi connectivity index (χ3n) is 4.83. The smallest absolute Gasteiger partial charge is 0.0621 e. The Kier molecular flexibility index (Phi) is 3.33. The van der Waals surface area contributed by atoms with Gasteiger partial charge in [-0.1, -0.05) is 27.7 Å². The second-order valence-corrected chi connectivity index (χ2v) is 6.91. The lowest BCUT2D eigenvalue weighted by molar-refractivity contribution is -0.0783. The highest BCUT2D eigenvalue weighted by atomic mass is 16.3. The number of hydrogen-bond donors (Lipinski definition) is 2. The molecule has 2 heteroatoms. The van der Waals surface area contributed by atoms with E-state index in [4.69, 9.17) is 0 Å². The molecule has 2 rings (SSSR count). The van der Waals surface area contributed by atoms with Crippen LogP contribution in [-0.2, 0) is 0 Å². The molecule has 0 aromatic carbocycles. The summed E-state index contributed by atoms with van der Waals surface area (Å²) in [6.45, 7) is 9.08. The molecule has 16 heavy (non-hydrogen) atoms. The zero-order chi connectivity index (χ0) is 11.9. The molecule has 0 radical (unpaired) electrons. The molecule has 4 atom stereocenters. The summed E-state index contributed by atoms with van der Waals surface area (Å²) in [6.07, 6.45) is 4.84. The number of hydrogen-bond acceptors (Lipinski definition) is 2. The zero-order valence-electron chi connectivity index (χ0n) is 11.2. The van der Waals surface area contributed by atoms with Crippen molar-refractivity contribution in [1.29, 1.82) is 0 Å². The van der Waals surface area contributed by atoms with Crippen molar-refractivity contribution < 1.29 is 5.11 Å². The molecule has 0 aliphatic heterocycles. The van der Waals surface area contributed by atoms with Crippen molar-refractivity contribution in [3.63, 3.8) is 0 Å². The third kappa shape index (κ3) is 2.28. The third-order valence-corrected chi connectivity index (χ3v) is 4.83. The first-order valence-electron chi connectivity index (χ1n) is 6.83. The Morgan fingerprint density at radius 1 is 1.00 bits per heavy atom. The molecule has 4 unspecified atom stereocenters. The Morgan fingerprint density at radius 3 is 2.00 bits per heavy atom. The minimum absolute atomic E-state index is 0.0733. The molecule has 2 N–H and O–H groups in total. The first-order chi connectivity index (χ1) is 7.39. The van der Waals surface area contributed by atoms with Crippen molar-refractivity contribution in [2.75, 3.05) is 0 Å². The van der Waals surface area contributed by atoms with E-state index in [9.17, 15) is 5.11 Å². The lowest BCUT2D eigenvalue weighted by Gasteiger charge is -2.51. The maximum atomic E-state index is 9.74. The molecular weight excluding hydrogens is 198 g/mol. The Bertz CT molecular complexity index is 241. The lowest BCUT2D eigenvalue weighted by Crippen LogP contribution is -2.62. The van der Waals surface area contributed by atoms with Gasteiger partial charge < -0.3 is 10.4 Å². The van der Waals surface area contributed by atoms with Gasteiger partial charge in [0.15, 0.2) is 0 Å². The molecule has 0 spiro atoms. The number of aliphatic hydroxyl groups is 1. The van der Waals surface area contributed by atoms with Crippen LogP contribution in [0.3, 0.4) is 0 Å². The van der Waals surface area contributed by atoms with Crippen LogP contribution in [0, 0.1) is 17.3 Å². The highest BCUT2D eigenvalue weighted by Gasteiger charge is 2.47. The van der Waals surface area contributed by atoms with Crippen molar-refractivity contribution in [2.24, 2.45) is 17.3 Å². The Labute approximate surface area is 99.8 Å². The molecule has 0 aromatic rings. The van der Waals surface area contributed by atoms with Crippen molar-refractivity contribution >= 4 is 0 Å². The summed E-state index contributed by atoms with van der Waals surface area (Å²) in [6, 6.07) is 1.19. The van der Waals surface area contributed by atoms with Crippen LogP contribution in [0.2, 0.25) is 0 Å². The van der Waals surface area contributed by atoms with E-state index in [1.165, 1.54) is 19.3 Å². The van der Waals surface area contributed by atoms with Crippen molar-refractivity contribution in [1.82, 2.24) is 5.32 Å². The van der Waals surface area contributed by atoms with Crippen LogP contribution in [-0.4, -0.2) is 23.3 Å². The second kappa shape index (κ2) is 4.30. The first kappa shape index (κ1) is 12.4. The van der Waals surface area contributed by atoms with Crippen LogP contribution in [0.1, 0.15) is 53.4 Å². The topological polar surface area (TPSA) is 32.3 Å². The average Bonchev–Trinajstić information content (AvgIpc) is 2.15. The van der Waals surface area contributed by atoms with Gasteiger partial charge in [0.05, 0.1) is 6.10 Å². The normalized spacial score (nSPS) is 47.4. The summed E-state index contributed by atoms with van der Waals surface area (Å²) in [4.78, 5) is 0. The van der Waals surface area contributed by atoms with Gasteiger partial charge in [-0.2, -0.15) is 0 Å². The highest BCUT2D eigenvalue weighted by molar-refractivity contribution is 5.03. The minimum atomic E-state index is -0.108. The molecule has 0 aromatic heterocycles. The van der Waals surface area contributed by atoms with Gasteiger partial charge in [0, 0.05) is 17.5 Å². The van der Waals surface area contributed by atoms with Crippen molar-refractivity contribution in [3.8, 4) is 0 Å². The van der Waals surface area contributed by atoms with Crippen LogP contribution in [0.25, 0.3) is 0 Å². The standard InChI is InChI=1S/C14H27NO/c1-9-5-10(2)7-11(6-9)15-12-8-13(16)14(12,3)4/h9-13,15-16H,5-8H2,1-4H3. The minimum Gasteiger partial charge on any atom is -0.392 e. The Balaban J connectivity index is 1.86. The summed E-state index contributed by atoms with van der Waals surface area (Å²) in [7, 11) is 0. The summed E-state index contributed by atoms with van der Waals surface area (Å²) in [5.41, 5.74) is 0.0733. The van der Waals surface area contributed by atoms with E-state index in [0.717, 1.165) is 18.3 Å². The highest BCUT2D eigenvalue weighted by Crippen LogP contribution is 2.41. The SMILES string of the molecule is CC1CC(C)CC(NC2CC(O)C2(C)C)C1. The van der Waals surface area contributed by atoms with Crippen LogP contribution in [0.15, 0.2) is 0 Å². The molecule has 2 aliphatic carbocycles. The molecule has 2 saturated carbocycles.